The Bertz CT molecular complexity index is 524. The van der Waals surface area contributed by atoms with Crippen molar-refractivity contribution in [2.45, 2.75) is 64.8 Å². The number of carbonyl (C=O) groups is 1. The highest BCUT2D eigenvalue weighted by Gasteiger charge is 2.31. The highest BCUT2D eigenvalue weighted by molar-refractivity contribution is 7.89. The molecule has 2 heterocycles. The molecule has 2 saturated heterocycles. The number of nitrogens with zero attached hydrogens (tertiary/aromatic N) is 2. The SMILES string of the molecule is CCCS(=O)(=O)N1CCCC(C(=O)NCCCN2CCCCC2C)C1. The molecule has 146 valence electrons. The number of hydrogen-bond acceptors (Lipinski definition) is 4. The van der Waals surface area contributed by atoms with Crippen LogP contribution in [-0.2, 0) is 14.8 Å². The van der Waals surface area contributed by atoms with E-state index in [1.807, 2.05) is 6.92 Å². The number of hydrogen-bond donors (Lipinski definition) is 1. The van der Waals surface area contributed by atoms with Gasteiger partial charge >= 0.3 is 0 Å². The van der Waals surface area contributed by atoms with E-state index in [4.69, 9.17) is 0 Å². The maximum atomic E-state index is 12.4. The van der Waals surface area contributed by atoms with Crippen molar-refractivity contribution in [3.8, 4) is 0 Å². The molecule has 1 amide bonds. The molecule has 2 rings (SSSR count). The van der Waals surface area contributed by atoms with E-state index in [0.717, 1.165) is 25.8 Å². The van der Waals surface area contributed by atoms with Gasteiger partial charge in [-0.05, 0) is 52.0 Å². The maximum Gasteiger partial charge on any atom is 0.224 e. The summed E-state index contributed by atoms with van der Waals surface area (Å²) in [6.45, 7) is 7.93. The van der Waals surface area contributed by atoms with Gasteiger partial charge in [0.15, 0.2) is 0 Å². The second-order valence-corrected chi connectivity index (χ2v) is 9.63. The number of rotatable bonds is 8. The molecule has 25 heavy (non-hydrogen) atoms. The van der Waals surface area contributed by atoms with Crippen molar-refractivity contribution in [2.75, 3.05) is 38.5 Å². The van der Waals surface area contributed by atoms with Crippen LogP contribution in [0.25, 0.3) is 0 Å². The van der Waals surface area contributed by atoms with E-state index >= 15 is 0 Å². The van der Waals surface area contributed by atoms with Crippen LogP contribution >= 0.6 is 0 Å². The summed E-state index contributed by atoms with van der Waals surface area (Å²) in [5.74, 6) is -0.00703. The quantitative estimate of drug-likeness (QED) is 0.659. The fourth-order valence-electron chi connectivity index (χ4n) is 3.92. The lowest BCUT2D eigenvalue weighted by atomic mass is 9.99. The highest BCUT2D eigenvalue weighted by atomic mass is 32.2. The molecular weight excluding hydrogens is 338 g/mol. The Kier molecular flexibility index (Phi) is 8.16. The Hall–Kier alpha value is -0.660. The van der Waals surface area contributed by atoms with Crippen LogP contribution < -0.4 is 5.32 Å². The van der Waals surface area contributed by atoms with Crippen molar-refractivity contribution in [3.05, 3.63) is 0 Å². The third-order valence-electron chi connectivity index (χ3n) is 5.47. The third-order valence-corrected chi connectivity index (χ3v) is 7.51. The van der Waals surface area contributed by atoms with E-state index < -0.39 is 10.0 Å². The van der Waals surface area contributed by atoms with Crippen LogP contribution in [0.3, 0.4) is 0 Å². The summed E-state index contributed by atoms with van der Waals surface area (Å²) in [5.41, 5.74) is 0. The number of amides is 1. The first-order chi connectivity index (χ1) is 11.9. The van der Waals surface area contributed by atoms with Crippen LogP contribution in [0.4, 0.5) is 0 Å². The standard InChI is InChI=1S/C18H35N3O3S/c1-3-14-25(23,24)21-13-6-9-17(15-21)18(22)19-10-7-12-20-11-5-4-8-16(20)2/h16-17H,3-15H2,1-2H3,(H,19,22). The van der Waals surface area contributed by atoms with Gasteiger partial charge in [-0.25, -0.2) is 12.7 Å². The second-order valence-electron chi connectivity index (χ2n) is 7.54. The van der Waals surface area contributed by atoms with E-state index in [1.165, 1.54) is 30.1 Å². The van der Waals surface area contributed by atoms with Crippen LogP contribution in [0.2, 0.25) is 0 Å². The van der Waals surface area contributed by atoms with Gasteiger partial charge in [-0.1, -0.05) is 13.3 Å². The van der Waals surface area contributed by atoms with Crippen LogP contribution in [0.5, 0.6) is 0 Å². The van der Waals surface area contributed by atoms with Crippen molar-refractivity contribution in [1.29, 1.82) is 0 Å². The zero-order valence-electron chi connectivity index (χ0n) is 15.9. The normalized spacial score (nSPS) is 26.5. The topological polar surface area (TPSA) is 69.7 Å². The van der Waals surface area contributed by atoms with Crippen LogP contribution in [0.1, 0.15) is 58.8 Å². The Labute approximate surface area is 153 Å². The molecule has 0 spiro atoms. The lowest BCUT2D eigenvalue weighted by Gasteiger charge is -2.33. The number of likely N-dealkylation sites (tertiary alicyclic amines) is 1. The molecule has 0 aromatic carbocycles. The van der Waals surface area contributed by atoms with Gasteiger partial charge in [0.1, 0.15) is 0 Å². The van der Waals surface area contributed by atoms with Gasteiger partial charge in [0.05, 0.1) is 11.7 Å². The molecule has 6 nitrogen and oxygen atoms in total. The van der Waals surface area contributed by atoms with Gasteiger partial charge in [0, 0.05) is 32.2 Å². The Morgan fingerprint density at radius 1 is 1.16 bits per heavy atom. The Morgan fingerprint density at radius 2 is 1.96 bits per heavy atom. The maximum absolute atomic E-state index is 12.4. The lowest BCUT2D eigenvalue weighted by molar-refractivity contribution is -0.126. The number of nitrogens with one attached hydrogen (secondary N) is 1. The summed E-state index contributed by atoms with van der Waals surface area (Å²) >= 11 is 0. The van der Waals surface area contributed by atoms with Gasteiger partial charge in [-0.15, -0.1) is 0 Å². The van der Waals surface area contributed by atoms with Crippen molar-refractivity contribution in [3.63, 3.8) is 0 Å². The Balaban J connectivity index is 1.71. The van der Waals surface area contributed by atoms with E-state index in [0.29, 0.717) is 32.1 Å². The molecule has 0 saturated carbocycles. The zero-order chi connectivity index (χ0) is 18.3. The molecule has 0 aliphatic carbocycles. The number of piperidine rings is 2. The predicted molar refractivity (Wildman–Crippen MR) is 101 cm³/mol. The van der Waals surface area contributed by atoms with Gasteiger partial charge in [0.25, 0.3) is 0 Å². The molecule has 1 N–H and O–H groups in total. The molecule has 2 fully saturated rings. The van der Waals surface area contributed by atoms with Gasteiger partial charge < -0.3 is 10.2 Å². The van der Waals surface area contributed by atoms with Gasteiger partial charge in [-0.2, -0.15) is 0 Å². The molecule has 0 bridgehead atoms. The van der Waals surface area contributed by atoms with Crippen molar-refractivity contribution in [1.82, 2.24) is 14.5 Å². The first-order valence-corrected chi connectivity index (χ1v) is 11.5. The molecule has 2 atom stereocenters. The van der Waals surface area contributed by atoms with Crippen molar-refractivity contribution >= 4 is 15.9 Å². The van der Waals surface area contributed by atoms with Crippen LogP contribution in [0.15, 0.2) is 0 Å². The minimum atomic E-state index is -3.20. The first kappa shape index (κ1) is 20.6. The fraction of sp³-hybridized carbons (Fsp3) is 0.944. The minimum absolute atomic E-state index is 0.0168. The zero-order valence-corrected chi connectivity index (χ0v) is 16.7. The van der Waals surface area contributed by atoms with Crippen LogP contribution in [0, 0.1) is 5.92 Å². The summed E-state index contributed by atoms with van der Waals surface area (Å²) in [6, 6.07) is 0.653. The first-order valence-electron chi connectivity index (χ1n) is 9.93. The van der Waals surface area contributed by atoms with Gasteiger partial charge in [0.2, 0.25) is 15.9 Å². The van der Waals surface area contributed by atoms with Crippen molar-refractivity contribution < 1.29 is 13.2 Å². The third kappa shape index (κ3) is 6.22. The molecule has 2 aliphatic rings. The molecule has 0 aromatic heterocycles. The molecule has 0 radical (unpaired) electrons. The monoisotopic (exact) mass is 373 g/mol. The average Bonchev–Trinajstić information content (AvgIpc) is 2.60. The van der Waals surface area contributed by atoms with E-state index in [2.05, 4.69) is 17.1 Å². The van der Waals surface area contributed by atoms with Crippen molar-refractivity contribution in [2.24, 2.45) is 5.92 Å². The fourth-order valence-corrected chi connectivity index (χ4v) is 5.51. The Morgan fingerprint density at radius 3 is 2.68 bits per heavy atom. The smallest absolute Gasteiger partial charge is 0.224 e. The molecule has 2 unspecified atom stereocenters. The van der Waals surface area contributed by atoms with Gasteiger partial charge in [-0.3, -0.25) is 4.79 Å². The molecular formula is C18H35N3O3S. The molecule has 0 aromatic rings. The summed E-state index contributed by atoms with van der Waals surface area (Å²) in [5, 5.41) is 3.02. The van der Waals surface area contributed by atoms with E-state index in [-0.39, 0.29) is 17.6 Å². The molecule has 7 heteroatoms. The largest absolute Gasteiger partial charge is 0.356 e. The van der Waals surface area contributed by atoms with E-state index in [9.17, 15) is 13.2 Å². The summed E-state index contributed by atoms with van der Waals surface area (Å²) in [7, 11) is -3.20. The highest BCUT2D eigenvalue weighted by Crippen LogP contribution is 2.20. The summed E-state index contributed by atoms with van der Waals surface area (Å²) < 4.78 is 25.9. The number of sulfonamides is 1. The van der Waals surface area contributed by atoms with Crippen LogP contribution in [-0.4, -0.2) is 68.0 Å². The molecule has 2 aliphatic heterocycles. The predicted octanol–water partition coefficient (Wildman–Crippen LogP) is 1.82. The lowest BCUT2D eigenvalue weighted by Crippen LogP contribution is -2.46. The average molecular weight is 374 g/mol. The second kappa shape index (κ2) is 9.88. The van der Waals surface area contributed by atoms with E-state index in [1.54, 1.807) is 0 Å². The summed E-state index contributed by atoms with van der Waals surface area (Å²) in [4.78, 5) is 14.9. The summed E-state index contributed by atoms with van der Waals surface area (Å²) in [6.07, 6.45) is 7.01. The number of carbonyl (C=O) groups excluding carboxylic acids is 1. The minimum Gasteiger partial charge on any atom is -0.356 e.